The van der Waals surface area contributed by atoms with Crippen LogP contribution in [0.2, 0.25) is 0 Å². The van der Waals surface area contributed by atoms with E-state index < -0.39 is 0 Å². The summed E-state index contributed by atoms with van der Waals surface area (Å²) in [6.07, 6.45) is 0. The second-order valence-corrected chi connectivity index (χ2v) is 5.27. The van der Waals surface area contributed by atoms with Crippen molar-refractivity contribution >= 4 is 11.7 Å². The van der Waals surface area contributed by atoms with Gasteiger partial charge in [-0.1, -0.05) is 11.2 Å². The first kappa shape index (κ1) is 14.1. The van der Waals surface area contributed by atoms with E-state index in [1.54, 1.807) is 29.2 Å². The van der Waals surface area contributed by atoms with Crippen molar-refractivity contribution in [2.24, 2.45) is 0 Å². The van der Waals surface area contributed by atoms with Crippen molar-refractivity contribution in [1.29, 1.82) is 5.26 Å². The molecule has 1 aromatic heterocycles. The van der Waals surface area contributed by atoms with Crippen LogP contribution in [-0.4, -0.2) is 42.1 Å². The number of rotatable bonds is 2. The zero-order valence-electron chi connectivity index (χ0n) is 12.3. The molecule has 112 valence electrons. The van der Waals surface area contributed by atoms with Gasteiger partial charge in [0.1, 0.15) is 5.76 Å². The Morgan fingerprint density at radius 3 is 2.68 bits per heavy atom. The molecule has 6 nitrogen and oxygen atoms in total. The van der Waals surface area contributed by atoms with Crippen LogP contribution in [0.15, 0.2) is 34.9 Å². The van der Waals surface area contributed by atoms with E-state index >= 15 is 0 Å². The largest absolute Gasteiger partial charge is 0.360 e. The Labute approximate surface area is 128 Å². The molecule has 0 spiro atoms. The van der Waals surface area contributed by atoms with Gasteiger partial charge in [0.2, 0.25) is 0 Å². The average molecular weight is 296 g/mol. The molecule has 1 amide bonds. The Hall–Kier alpha value is -2.81. The maximum absolute atomic E-state index is 12.5. The van der Waals surface area contributed by atoms with Crippen molar-refractivity contribution in [1.82, 2.24) is 10.1 Å². The van der Waals surface area contributed by atoms with Crippen molar-refractivity contribution in [2.75, 3.05) is 31.1 Å². The van der Waals surface area contributed by atoms with Gasteiger partial charge in [-0.2, -0.15) is 5.26 Å². The summed E-state index contributed by atoms with van der Waals surface area (Å²) < 4.78 is 5.08. The second kappa shape index (κ2) is 5.90. The molecule has 0 bridgehead atoms. The predicted molar refractivity (Wildman–Crippen MR) is 80.5 cm³/mol. The standard InChI is InChI=1S/C16H16N4O2/c1-12-9-15(18-22-12)19-5-7-20(8-6-19)16(21)14-4-2-3-13(10-14)11-17/h2-4,9-10H,5-8H2,1H3. The highest BCUT2D eigenvalue weighted by Gasteiger charge is 2.23. The average Bonchev–Trinajstić information content (AvgIpc) is 3.01. The summed E-state index contributed by atoms with van der Waals surface area (Å²) in [6, 6.07) is 10.8. The van der Waals surface area contributed by atoms with Crippen LogP contribution in [0.5, 0.6) is 0 Å². The van der Waals surface area contributed by atoms with Crippen LogP contribution >= 0.6 is 0 Å². The number of carbonyl (C=O) groups excluding carboxylic acids is 1. The van der Waals surface area contributed by atoms with E-state index in [0.717, 1.165) is 24.7 Å². The van der Waals surface area contributed by atoms with Gasteiger partial charge in [0.25, 0.3) is 5.91 Å². The van der Waals surface area contributed by atoms with Crippen LogP contribution in [0.25, 0.3) is 0 Å². The molecule has 0 radical (unpaired) electrons. The third kappa shape index (κ3) is 2.79. The van der Waals surface area contributed by atoms with Crippen LogP contribution in [0.3, 0.4) is 0 Å². The number of nitriles is 1. The molecule has 0 N–H and O–H groups in total. The molecule has 1 aliphatic heterocycles. The maximum Gasteiger partial charge on any atom is 0.254 e. The van der Waals surface area contributed by atoms with Gasteiger partial charge >= 0.3 is 0 Å². The number of piperazine rings is 1. The number of hydrogen-bond acceptors (Lipinski definition) is 5. The molecule has 1 saturated heterocycles. The van der Waals surface area contributed by atoms with Crippen molar-refractivity contribution < 1.29 is 9.32 Å². The first-order valence-corrected chi connectivity index (χ1v) is 7.15. The van der Waals surface area contributed by atoms with Crippen LogP contribution < -0.4 is 4.90 Å². The molecule has 0 saturated carbocycles. The number of anilines is 1. The normalized spacial score (nSPS) is 14.7. The summed E-state index contributed by atoms with van der Waals surface area (Å²) >= 11 is 0. The van der Waals surface area contributed by atoms with Crippen LogP contribution in [-0.2, 0) is 0 Å². The van der Waals surface area contributed by atoms with Gasteiger partial charge < -0.3 is 14.3 Å². The fourth-order valence-corrected chi connectivity index (χ4v) is 2.55. The summed E-state index contributed by atoms with van der Waals surface area (Å²) in [4.78, 5) is 16.4. The molecule has 0 atom stereocenters. The van der Waals surface area contributed by atoms with Gasteiger partial charge in [-0.15, -0.1) is 0 Å². The van der Waals surface area contributed by atoms with Gasteiger partial charge in [0.15, 0.2) is 5.82 Å². The lowest BCUT2D eigenvalue weighted by atomic mass is 10.1. The lowest BCUT2D eigenvalue weighted by Crippen LogP contribution is -2.48. The zero-order valence-corrected chi connectivity index (χ0v) is 12.3. The number of aromatic nitrogens is 1. The van der Waals surface area contributed by atoms with Crippen molar-refractivity contribution in [3.05, 3.63) is 47.2 Å². The first-order valence-electron chi connectivity index (χ1n) is 7.15. The predicted octanol–water partition coefficient (Wildman–Crippen LogP) is 1.82. The molecule has 0 unspecified atom stereocenters. The highest BCUT2D eigenvalue weighted by atomic mass is 16.5. The molecule has 1 aromatic carbocycles. The van der Waals surface area contributed by atoms with Crippen LogP contribution in [0, 0.1) is 18.3 Å². The minimum Gasteiger partial charge on any atom is -0.360 e. The summed E-state index contributed by atoms with van der Waals surface area (Å²) in [6.45, 7) is 4.55. The number of aryl methyl sites for hydroxylation is 1. The highest BCUT2D eigenvalue weighted by Crippen LogP contribution is 2.17. The smallest absolute Gasteiger partial charge is 0.254 e. The molecule has 0 aliphatic carbocycles. The fourth-order valence-electron chi connectivity index (χ4n) is 2.55. The van der Waals surface area contributed by atoms with E-state index in [1.807, 2.05) is 13.0 Å². The Morgan fingerprint density at radius 2 is 2.05 bits per heavy atom. The van der Waals surface area contributed by atoms with E-state index in [2.05, 4.69) is 16.1 Å². The molecule has 2 heterocycles. The summed E-state index contributed by atoms with van der Waals surface area (Å²) in [5, 5.41) is 12.9. The van der Waals surface area contributed by atoms with Crippen LogP contribution in [0.1, 0.15) is 21.7 Å². The number of hydrogen-bond donors (Lipinski definition) is 0. The molecule has 1 fully saturated rings. The highest BCUT2D eigenvalue weighted by molar-refractivity contribution is 5.94. The summed E-state index contributed by atoms with van der Waals surface area (Å²) in [7, 11) is 0. The zero-order chi connectivity index (χ0) is 15.5. The number of carbonyl (C=O) groups is 1. The van der Waals surface area contributed by atoms with Gasteiger partial charge in [0.05, 0.1) is 11.6 Å². The Balaban J connectivity index is 1.65. The first-order chi connectivity index (χ1) is 10.7. The second-order valence-electron chi connectivity index (χ2n) is 5.27. The van der Waals surface area contributed by atoms with Gasteiger partial charge in [-0.3, -0.25) is 4.79 Å². The van der Waals surface area contributed by atoms with E-state index in [1.165, 1.54) is 0 Å². The molecule has 1 aliphatic rings. The summed E-state index contributed by atoms with van der Waals surface area (Å²) in [5.41, 5.74) is 1.06. The van der Waals surface area contributed by atoms with Gasteiger partial charge in [-0.25, -0.2) is 0 Å². The molecular weight excluding hydrogens is 280 g/mol. The van der Waals surface area contributed by atoms with E-state index in [4.69, 9.17) is 9.78 Å². The summed E-state index contributed by atoms with van der Waals surface area (Å²) in [5.74, 6) is 1.56. The minimum absolute atomic E-state index is 0.0342. The van der Waals surface area contributed by atoms with Crippen molar-refractivity contribution in [3.8, 4) is 6.07 Å². The molecule has 6 heteroatoms. The fraction of sp³-hybridized carbons (Fsp3) is 0.312. The van der Waals surface area contributed by atoms with E-state index in [-0.39, 0.29) is 5.91 Å². The quantitative estimate of drug-likeness (QED) is 0.845. The van der Waals surface area contributed by atoms with Gasteiger partial charge in [-0.05, 0) is 25.1 Å². The number of benzene rings is 1. The van der Waals surface area contributed by atoms with Crippen molar-refractivity contribution in [2.45, 2.75) is 6.92 Å². The molecule has 22 heavy (non-hydrogen) atoms. The Morgan fingerprint density at radius 1 is 1.27 bits per heavy atom. The van der Waals surface area contributed by atoms with E-state index in [9.17, 15) is 4.79 Å². The molecule has 3 rings (SSSR count). The molecular formula is C16H16N4O2. The SMILES string of the molecule is Cc1cc(N2CCN(C(=O)c3cccc(C#N)c3)CC2)no1. The molecule has 2 aromatic rings. The van der Waals surface area contributed by atoms with Crippen molar-refractivity contribution in [3.63, 3.8) is 0 Å². The number of nitrogens with zero attached hydrogens (tertiary/aromatic N) is 4. The third-order valence-corrected chi connectivity index (χ3v) is 3.75. The lowest BCUT2D eigenvalue weighted by Gasteiger charge is -2.34. The lowest BCUT2D eigenvalue weighted by molar-refractivity contribution is 0.0746. The third-order valence-electron chi connectivity index (χ3n) is 3.75. The topological polar surface area (TPSA) is 73.4 Å². The van der Waals surface area contributed by atoms with E-state index in [0.29, 0.717) is 24.2 Å². The van der Waals surface area contributed by atoms with Gasteiger partial charge in [0, 0.05) is 37.8 Å². The Bertz CT molecular complexity index is 724. The maximum atomic E-state index is 12.5. The van der Waals surface area contributed by atoms with Crippen LogP contribution in [0.4, 0.5) is 5.82 Å². The number of amides is 1. The minimum atomic E-state index is -0.0342. The monoisotopic (exact) mass is 296 g/mol. The Kier molecular flexibility index (Phi) is 3.79.